The molecule has 2 aromatic carbocycles. The van der Waals surface area contributed by atoms with E-state index in [1.54, 1.807) is 6.26 Å². The highest BCUT2D eigenvalue weighted by atomic mass is 16.3. The van der Waals surface area contributed by atoms with Crippen LogP contribution in [-0.2, 0) is 19.6 Å². The van der Waals surface area contributed by atoms with Crippen molar-refractivity contribution in [2.24, 2.45) is 5.73 Å². The molecule has 4 rings (SSSR count). The average molecular weight is 400 g/mol. The summed E-state index contributed by atoms with van der Waals surface area (Å²) in [5.41, 5.74) is 11.0. The lowest BCUT2D eigenvalue weighted by Gasteiger charge is -2.08. The minimum absolute atomic E-state index is 0.0979. The van der Waals surface area contributed by atoms with Crippen LogP contribution < -0.4 is 11.1 Å². The third-order valence-electron chi connectivity index (χ3n) is 5.10. The second-order valence-electron chi connectivity index (χ2n) is 7.16. The zero-order valence-corrected chi connectivity index (χ0v) is 16.8. The number of hydrogen-bond acceptors (Lipinski definition) is 4. The van der Waals surface area contributed by atoms with Crippen molar-refractivity contribution in [3.05, 3.63) is 101 Å². The third-order valence-corrected chi connectivity index (χ3v) is 5.10. The Morgan fingerprint density at radius 2 is 1.80 bits per heavy atom. The van der Waals surface area contributed by atoms with Gasteiger partial charge >= 0.3 is 0 Å². The van der Waals surface area contributed by atoms with Crippen molar-refractivity contribution in [1.29, 1.82) is 0 Å². The van der Waals surface area contributed by atoms with Gasteiger partial charge in [-0.1, -0.05) is 42.5 Å². The molecule has 0 radical (unpaired) electrons. The number of nitrogens with zero attached hydrogens (tertiary/aromatic N) is 2. The topological polar surface area (TPSA) is 86.1 Å². The molecule has 2 aromatic heterocycles. The Hall–Kier alpha value is -3.64. The maximum Gasteiger partial charge on any atom is 0.253 e. The van der Waals surface area contributed by atoms with Crippen molar-refractivity contribution >= 4 is 5.91 Å². The molecule has 2 heterocycles. The van der Waals surface area contributed by atoms with Gasteiger partial charge in [-0.05, 0) is 36.2 Å². The van der Waals surface area contributed by atoms with Crippen molar-refractivity contribution in [1.82, 2.24) is 14.9 Å². The molecule has 30 heavy (non-hydrogen) atoms. The number of nitrogens with two attached hydrogens (primary N) is 1. The fourth-order valence-corrected chi connectivity index (χ4v) is 3.30. The number of nitrogens with one attached hydrogen (secondary N) is 1. The first kappa shape index (κ1) is 19.7. The molecular weight excluding hydrogens is 376 g/mol. The summed E-state index contributed by atoms with van der Waals surface area (Å²) >= 11 is 0. The van der Waals surface area contributed by atoms with Gasteiger partial charge in [0.25, 0.3) is 5.91 Å². The van der Waals surface area contributed by atoms with E-state index in [0.717, 1.165) is 28.1 Å². The Labute approximate surface area is 175 Å². The van der Waals surface area contributed by atoms with Gasteiger partial charge in [0, 0.05) is 30.5 Å². The lowest BCUT2D eigenvalue weighted by Crippen LogP contribution is -2.23. The SMILES string of the molecule is Cc1c(C(=O)NCc2ccc(CN)cc2)ccn1Cc1coc(-c2ccccc2)n1. The standard InChI is InChI=1S/C24H24N4O2/c1-17-22(23(29)26-14-19-9-7-18(13-25)8-10-19)11-12-28(17)15-21-16-30-24(27-21)20-5-3-2-4-6-20/h2-12,16H,13-15,25H2,1H3,(H,26,29). The second kappa shape index (κ2) is 8.80. The molecule has 0 fully saturated rings. The van der Waals surface area contributed by atoms with E-state index in [-0.39, 0.29) is 5.91 Å². The van der Waals surface area contributed by atoms with E-state index < -0.39 is 0 Å². The van der Waals surface area contributed by atoms with Crippen molar-refractivity contribution in [2.75, 3.05) is 0 Å². The molecule has 6 nitrogen and oxygen atoms in total. The number of benzene rings is 2. The molecule has 0 spiro atoms. The van der Waals surface area contributed by atoms with Crippen LogP contribution in [0.5, 0.6) is 0 Å². The zero-order valence-electron chi connectivity index (χ0n) is 16.8. The predicted octanol–water partition coefficient (Wildman–Crippen LogP) is 3.89. The molecular formula is C24H24N4O2. The Morgan fingerprint density at radius 1 is 1.07 bits per heavy atom. The Kier molecular flexibility index (Phi) is 5.77. The molecule has 0 aliphatic rings. The lowest BCUT2D eigenvalue weighted by molar-refractivity contribution is 0.0950. The molecule has 0 saturated carbocycles. The van der Waals surface area contributed by atoms with E-state index in [1.807, 2.05) is 78.4 Å². The Balaban J connectivity index is 1.40. The fourth-order valence-electron chi connectivity index (χ4n) is 3.30. The first-order valence-corrected chi connectivity index (χ1v) is 9.85. The van der Waals surface area contributed by atoms with Crippen LogP contribution in [0, 0.1) is 6.92 Å². The summed E-state index contributed by atoms with van der Waals surface area (Å²) in [4.78, 5) is 17.2. The van der Waals surface area contributed by atoms with Crippen LogP contribution >= 0.6 is 0 Å². The molecule has 3 N–H and O–H groups in total. The van der Waals surface area contributed by atoms with Crippen LogP contribution in [0.2, 0.25) is 0 Å². The van der Waals surface area contributed by atoms with E-state index >= 15 is 0 Å². The van der Waals surface area contributed by atoms with E-state index in [4.69, 9.17) is 10.2 Å². The first-order chi connectivity index (χ1) is 14.6. The molecule has 0 aliphatic carbocycles. The highest BCUT2D eigenvalue weighted by molar-refractivity contribution is 5.95. The van der Waals surface area contributed by atoms with Gasteiger partial charge in [-0.3, -0.25) is 4.79 Å². The minimum Gasteiger partial charge on any atom is -0.444 e. The lowest BCUT2D eigenvalue weighted by atomic mass is 10.1. The molecule has 0 bridgehead atoms. The number of oxazole rings is 1. The highest BCUT2D eigenvalue weighted by Crippen LogP contribution is 2.19. The van der Waals surface area contributed by atoms with Crippen molar-refractivity contribution < 1.29 is 9.21 Å². The second-order valence-corrected chi connectivity index (χ2v) is 7.16. The van der Waals surface area contributed by atoms with Gasteiger partial charge in [0.15, 0.2) is 0 Å². The quantitative estimate of drug-likeness (QED) is 0.493. The van der Waals surface area contributed by atoms with E-state index in [2.05, 4.69) is 10.3 Å². The molecule has 4 aromatic rings. The number of aromatic nitrogens is 2. The molecule has 0 unspecified atom stereocenters. The van der Waals surface area contributed by atoms with Crippen LogP contribution in [0.15, 0.2) is 77.5 Å². The van der Waals surface area contributed by atoms with Gasteiger partial charge in [-0.25, -0.2) is 4.98 Å². The van der Waals surface area contributed by atoms with Gasteiger partial charge in [-0.2, -0.15) is 0 Å². The number of carbonyl (C=O) groups is 1. The van der Waals surface area contributed by atoms with Crippen molar-refractivity contribution in [3.63, 3.8) is 0 Å². The summed E-state index contributed by atoms with van der Waals surface area (Å²) < 4.78 is 7.61. The summed E-state index contributed by atoms with van der Waals surface area (Å²) in [6, 6.07) is 19.5. The molecule has 0 atom stereocenters. The third kappa shape index (κ3) is 4.34. The van der Waals surface area contributed by atoms with Crippen LogP contribution in [0.1, 0.15) is 32.9 Å². The van der Waals surface area contributed by atoms with Crippen LogP contribution in [0.25, 0.3) is 11.5 Å². The number of carbonyl (C=O) groups excluding carboxylic acids is 1. The van der Waals surface area contributed by atoms with E-state index in [0.29, 0.717) is 31.1 Å². The zero-order chi connectivity index (χ0) is 20.9. The number of rotatable bonds is 7. The predicted molar refractivity (Wildman–Crippen MR) is 116 cm³/mol. The number of hydrogen-bond donors (Lipinski definition) is 2. The van der Waals surface area contributed by atoms with E-state index in [9.17, 15) is 4.79 Å². The smallest absolute Gasteiger partial charge is 0.253 e. The maximum absolute atomic E-state index is 12.6. The average Bonchev–Trinajstić information content (AvgIpc) is 3.40. The number of amides is 1. The van der Waals surface area contributed by atoms with Gasteiger partial charge < -0.3 is 20.0 Å². The van der Waals surface area contributed by atoms with Crippen LogP contribution in [0.4, 0.5) is 0 Å². The van der Waals surface area contributed by atoms with Gasteiger partial charge in [0.2, 0.25) is 5.89 Å². The van der Waals surface area contributed by atoms with Crippen LogP contribution in [0.3, 0.4) is 0 Å². The van der Waals surface area contributed by atoms with Crippen LogP contribution in [-0.4, -0.2) is 15.5 Å². The summed E-state index contributed by atoms with van der Waals surface area (Å²) in [5.74, 6) is 0.494. The maximum atomic E-state index is 12.6. The Morgan fingerprint density at radius 3 is 2.53 bits per heavy atom. The molecule has 0 saturated heterocycles. The largest absolute Gasteiger partial charge is 0.444 e. The molecule has 152 valence electrons. The molecule has 6 heteroatoms. The summed E-state index contributed by atoms with van der Waals surface area (Å²) in [6.45, 7) is 3.45. The highest BCUT2D eigenvalue weighted by Gasteiger charge is 2.14. The monoisotopic (exact) mass is 400 g/mol. The first-order valence-electron chi connectivity index (χ1n) is 9.85. The summed E-state index contributed by atoms with van der Waals surface area (Å²) in [6.07, 6.45) is 3.56. The van der Waals surface area contributed by atoms with Crippen molar-refractivity contribution in [3.8, 4) is 11.5 Å². The summed E-state index contributed by atoms with van der Waals surface area (Å²) in [7, 11) is 0. The Bertz CT molecular complexity index is 1130. The van der Waals surface area contributed by atoms with Gasteiger partial charge in [0.05, 0.1) is 17.8 Å². The van der Waals surface area contributed by atoms with Gasteiger partial charge in [-0.15, -0.1) is 0 Å². The van der Waals surface area contributed by atoms with Gasteiger partial charge in [0.1, 0.15) is 6.26 Å². The molecule has 1 amide bonds. The normalized spacial score (nSPS) is 10.9. The summed E-state index contributed by atoms with van der Waals surface area (Å²) in [5, 5.41) is 2.98. The van der Waals surface area contributed by atoms with Crippen molar-refractivity contribution in [2.45, 2.75) is 26.6 Å². The molecule has 0 aliphatic heterocycles. The van der Waals surface area contributed by atoms with E-state index in [1.165, 1.54) is 0 Å². The minimum atomic E-state index is -0.0979. The fraction of sp³-hybridized carbons (Fsp3) is 0.167.